The summed E-state index contributed by atoms with van der Waals surface area (Å²) in [6.07, 6.45) is 33.3. The van der Waals surface area contributed by atoms with Crippen LogP contribution in [-0.4, -0.2) is 56.9 Å². The van der Waals surface area contributed by atoms with Gasteiger partial charge in [0.05, 0.1) is 18.3 Å². The second-order valence-corrected chi connectivity index (χ2v) is 13.0. The van der Waals surface area contributed by atoms with Gasteiger partial charge in [-0.25, -0.2) is 4.79 Å². The number of aliphatic hydroxyl groups excluding tert-OH is 4. The van der Waals surface area contributed by atoms with Gasteiger partial charge in [0, 0.05) is 12.5 Å². The highest BCUT2D eigenvalue weighted by atomic mass is 16.6. The van der Waals surface area contributed by atoms with Crippen molar-refractivity contribution in [3.8, 4) is 0 Å². The standard InChI is InChI=1S/C37H68O6/c1-2-3-4-5-6-7-8-9-10-11-12-13-14-15-16-17-18-19-20-21-22-23-24-25-26-32(38)29-33(39)30-34(40)31-36-35(41)27-28-37(42)43-36/h13-14,27-28,32-36,38-41H,2-12,15-26,29-31H2,1H3/b14-13-/t32-,33+,34+,35+,36+/m1/s1. The van der Waals surface area contributed by atoms with E-state index in [4.69, 9.17) is 4.74 Å². The summed E-state index contributed by atoms with van der Waals surface area (Å²) < 4.78 is 5.02. The van der Waals surface area contributed by atoms with Crippen LogP contribution in [0.1, 0.15) is 174 Å². The molecule has 252 valence electrons. The van der Waals surface area contributed by atoms with Crippen LogP contribution >= 0.6 is 0 Å². The lowest BCUT2D eigenvalue weighted by molar-refractivity contribution is -0.151. The lowest BCUT2D eigenvalue weighted by Crippen LogP contribution is -2.37. The van der Waals surface area contributed by atoms with Crippen LogP contribution in [0.5, 0.6) is 0 Å². The van der Waals surface area contributed by atoms with E-state index >= 15 is 0 Å². The summed E-state index contributed by atoms with van der Waals surface area (Å²) >= 11 is 0. The van der Waals surface area contributed by atoms with Gasteiger partial charge in [0.25, 0.3) is 0 Å². The number of rotatable bonds is 30. The summed E-state index contributed by atoms with van der Waals surface area (Å²) in [5, 5.41) is 40.5. The Labute approximate surface area is 264 Å². The number of hydrogen-bond donors (Lipinski definition) is 4. The lowest BCUT2D eigenvalue weighted by Gasteiger charge is -2.26. The molecule has 4 N–H and O–H groups in total. The molecule has 0 radical (unpaired) electrons. The number of allylic oxidation sites excluding steroid dienone is 2. The molecular weight excluding hydrogens is 540 g/mol. The molecular formula is C37H68O6. The van der Waals surface area contributed by atoms with Crippen molar-refractivity contribution in [2.75, 3.05) is 0 Å². The molecule has 0 amide bonds. The smallest absolute Gasteiger partial charge is 0.330 e. The highest BCUT2D eigenvalue weighted by Crippen LogP contribution is 2.19. The van der Waals surface area contributed by atoms with Gasteiger partial charge in [-0.3, -0.25) is 0 Å². The lowest BCUT2D eigenvalue weighted by atomic mass is 9.97. The van der Waals surface area contributed by atoms with Crippen LogP contribution in [0.15, 0.2) is 24.3 Å². The van der Waals surface area contributed by atoms with Crippen LogP contribution < -0.4 is 0 Å². The van der Waals surface area contributed by atoms with Crippen molar-refractivity contribution in [2.24, 2.45) is 0 Å². The van der Waals surface area contributed by atoms with E-state index < -0.39 is 36.5 Å². The minimum absolute atomic E-state index is 0.0568. The van der Waals surface area contributed by atoms with E-state index in [0.717, 1.165) is 12.8 Å². The maximum absolute atomic E-state index is 11.3. The Morgan fingerprint density at radius 1 is 0.651 bits per heavy atom. The van der Waals surface area contributed by atoms with Crippen LogP contribution in [0.4, 0.5) is 0 Å². The second kappa shape index (κ2) is 28.3. The van der Waals surface area contributed by atoms with E-state index in [-0.39, 0.29) is 19.3 Å². The highest BCUT2D eigenvalue weighted by Gasteiger charge is 2.28. The average molecular weight is 609 g/mol. The van der Waals surface area contributed by atoms with Crippen molar-refractivity contribution in [1.82, 2.24) is 0 Å². The van der Waals surface area contributed by atoms with E-state index in [0.29, 0.717) is 6.42 Å². The van der Waals surface area contributed by atoms with Gasteiger partial charge in [0.1, 0.15) is 12.2 Å². The van der Waals surface area contributed by atoms with Crippen LogP contribution in [0.2, 0.25) is 0 Å². The minimum atomic E-state index is -0.948. The topological polar surface area (TPSA) is 107 Å². The normalized spacial score (nSPS) is 19.1. The predicted molar refractivity (Wildman–Crippen MR) is 178 cm³/mol. The third-order valence-electron chi connectivity index (χ3n) is 8.72. The fourth-order valence-corrected chi connectivity index (χ4v) is 6.00. The molecule has 1 aliphatic rings. The van der Waals surface area contributed by atoms with Gasteiger partial charge in [-0.05, 0) is 51.0 Å². The Hall–Kier alpha value is -1.21. The molecule has 1 aliphatic heterocycles. The fraction of sp³-hybridized carbons (Fsp3) is 0.865. The fourth-order valence-electron chi connectivity index (χ4n) is 6.00. The second-order valence-electron chi connectivity index (χ2n) is 13.0. The monoisotopic (exact) mass is 609 g/mol. The number of carbonyl (C=O) groups excluding carboxylic acids is 1. The first-order valence-corrected chi connectivity index (χ1v) is 18.2. The van der Waals surface area contributed by atoms with E-state index in [9.17, 15) is 25.2 Å². The Morgan fingerprint density at radius 2 is 1.09 bits per heavy atom. The molecule has 1 rings (SSSR count). The molecule has 0 saturated heterocycles. The Bertz CT molecular complexity index is 693. The summed E-state index contributed by atoms with van der Waals surface area (Å²) in [4.78, 5) is 11.3. The number of cyclic esters (lactones) is 1. The van der Waals surface area contributed by atoms with Gasteiger partial charge in [-0.15, -0.1) is 0 Å². The van der Waals surface area contributed by atoms with Gasteiger partial charge >= 0.3 is 5.97 Å². The van der Waals surface area contributed by atoms with E-state index in [1.54, 1.807) is 0 Å². The number of esters is 1. The van der Waals surface area contributed by atoms with E-state index in [2.05, 4.69) is 19.1 Å². The van der Waals surface area contributed by atoms with Gasteiger partial charge in [-0.2, -0.15) is 0 Å². The molecule has 0 aromatic rings. The quantitative estimate of drug-likeness (QED) is 0.0369. The Kier molecular flexibility index (Phi) is 26.2. The molecule has 0 aliphatic carbocycles. The van der Waals surface area contributed by atoms with Crippen LogP contribution in [0, 0.1) is 0 Å². The van der Waals surface area contributed by atoms with Crippen molar-refractivity contribution in [3.05, 3.63) is 24.3 Å². The summed E-state index contributed by atoms with van der Waals surface area (Å²) in [6.45, 7) is 2.28. The first kappa shape index (κ1) is 39.8. The summed E-state index contributed by atoms with van der Waals surface area (Å²) in [7, 11) is 0. The van der Waals surface area contributed by atoms with Crippen molar-refractivity contribution >= 4 is 5.97 Å². The zero-order valence-electron chi connectivity index (χ0n) is 27.7. The molecule has 6 heteroatoms. The molecule has 5 atom stereocenters. The first-order chi connectivity index (χ1) is 20.9. The largest absolute Gasteiger partial charge is 0.456 e. The molecule has 0 fully saturated rings. The Morgan fingerprint density at radius 3 is 1.60 bits per heavy atom. The van der Waals surface area contributed by atoms with Crippen molar-refractivity contribution in [2.45, 2.75) is 204 Å². The SMILES string of the molecule is CCCCCCCCCCCC/C=C\CCCCCCCCCCCC[C@@H](O)C[C@H](O)C[C@H](O)C[C@@H]1OC(=O)C=C[C@@H]1O. The molecule has 6 nitrogen and oxygen atoms in total. The Balaban J connectivity index is 1.82. The van der Waals surface area contributed by atoms with Gasteiger partial charge in [0.2, 0.25) is 0 Å². The van der Waals surface area contributed by atoms with Gasteiger partial charge < -0.3 is 25.2 Å². The van der Waals surface area contributed by atoms with Crippen molar-refractivity contribution in [1.29, 1.82) is 0 Å². The maximum atomic E-state index is 11.3. The molecule has 0 aromatic heterocycles. The average Bonchev–Trinajstić information content (AvgIpc) is 2.97. The molecule has 1 heterocycles. The zero-order chi connectivity index (χ0) is 31.4. The molecule has 0 saturated carbocycles. The van der Waals surface area contributed by atoms with Crippen LogP contribution in [0.25, 0.3) is 0 Å². The number of carbonyl (C=O) groups is 1. The number of unbranched alkanes of at least 4 members (excludes halogenated alkanes) is 20. The highest BCUT2D eigenvalue weighted by molar-refractivity contribution is 5.83. The molecule has 0 unspecified atom stereocenters. The van der Waals surface area contributed by atoms with Crippen LogP contribution in [0.3, 0.4) is 0 Å². The molecule has 0 spiro atoms. The summed E-state index contributed by atoms with van der Waals surface area (Å²) in [5.41, 5.74) is 0. The number of aliphatic hydroxyl groups is 4. The third kappa shape index (κ3) is 24.8. The van der Waals surface area contributed by atoms with Gasteiger partial charge in [-0.1, -0.05) is 135 Å². The summed E-state index contributed by atoms with van der Waals surface area (Å²) in [5.74, 6) is -0.540. The molecule has 43 heavy (non-hydrogen) atoms. The van der Waals surface area contributed by atoms with E-state index in [1.807, 2.05) is 0 Å². The molecule has 0 bridgehead atoms. The third-order valence-corrected chi connectivity index (χ3v) is 8.72. The van der Waals surface area contributed by atoms with Crippen molar-refractivity contribution in [3.63, 3.8) is 0 Å². The predicted octanol–water partition coefficient (Wildman–Crippen LogP) is 8.63. The minimum Gasteiger partial charge on any atom is -0.456 e. The van der Waals surface area contributed by atoms with E-state index in [1.165, 1.54) is 141 Å². The van der Waals surface area contributed by atoms with Crippen LogP contribution in [-0.2, 0) is 9.53 Å². The number of hydrogen-bond acceptors (Lipinski definition) is 6. The summed E-state index contributed by atoms with van der Waals surface area (Å²) in [6, 6.07) is 0. The first-order valence-electron chi connectivity index (χ1n) is 18.2. The molecule has 0 aromatic carbocycles. The van der Waals surface area contributed by atoms with Gasteiger partial charge in [0.15, 0.2) is 0 Å². The number of ether oxygens (including phenoxy) is 1. The van der Waals surface area contributed by atoms with Crippen molar-refractivity contribution < 1.29 is 30.0 Å². The zero-order valence-corrected chi connectivity index (χ0v) is 27.7. The maximum Gasteiger partial charge on any atom is 0.330 e.